The van der Waals surface area contributed by atoms with Gasteiger partial charge in [-0.15, -0.1) is 12.4 Å². The first-order valence-corrected chi connectivity index (χ1v) is 0. The van der Waals surface area contributed by atoms with Gasteiger partial charge in [-0.2, -0.15) is 0 Å². The van der Waals surface area contributed by atoms with Crippen molar-refractivity contribution in [2.45, 2.75) is 0 Å². The minimum absolute atomic E-state index is 0. The van der Waals surface area contributed by atoms with E-state index in [-0.39, 0.29) is 49.8 Å². The van der Waals surface area contributed by atoms with Crippen LogP contribution in [0.3, 0.4) is 0 Å². The Morgan fingerprint density at radius 3 is 1.00 bits per heavy atom. The number of halogens is 2. The molecule has 0 aliphatic carbocycles. The van der Waals surface area contributed by atoms with Crippen molar-refractivity contribution in [1.82, 2.24) is 6.15 Å². The molecule has 0 fully saturated rings. The Kier molecular flexibility index (Phi) is 535. The van der Waals surface area contributed by atoms with Crippen LogP contribution in [0.5, 0.6) is 0 Å². The van der Waals surface area contributed by atoms with Crippen molar-refractivity contribution in [3.05, 3.63) is 0 Å². The fraction of sp³-hybridized carbons (Fsp3) is 0. The van der Waals surface area contributed by atoms with Gasteiger partial charge in [0.15, 0.2) is 0 Å². The van der Waals surface area contributed by atoms with Crippen LogP contribution in [-0.2, 0) is 0 Å². The third kappa shape index (κ3) is 11.1. The van der Waals surface area contributed by atoms with Gasteiger partial charge < -0.3 is 18.6 Å². The molecule has 24 valence electrons. The maximum absolute atomic E-state index is 0. The zero-order valence-electron chi connectivity index (χ0n) is 2.49. The molecule has 0 aromatic heterocycles. The SMILES string of the molecule is Cl.N.[Cl-].[Li+]. The largest absolute Gasteiger partial charge is 1.00 e. The summed E-state index contributed by atoms with van der Waals surface area (Å²) in [6.45, 7) is 0. The van der Waals surface area contributed by atoms with Crippen LogP contribution in [-0.4, -0.2) is 0 Å². The molecule has 4 heteroatoms. The molecule has 0 amide bonds. The van der Waals surface area contributed by atoms with Gasteiger partial charge >= 0.3 is 18.9 Å². The van der Waals surface area contributed by atoms with Crippen LogP contribution < -0.4 is 37.4 Å². The van der Waals surface area contributed by atoms with Crippen molar-refractivity contribution in [3.8, 4) is 0 Å². The normalized spacial score (nSPS) is 0. The number of hydrogen-bond acceptors (Lipinski definition) is 1. The molecule has 0 unspecified atom stereocenters. The summed E-state index contributed by atoms with van der Waals surface area (Å²) in [6.07, 6.45) is 0. The van der Waals surface area contributed by atoms with Crippen LogP contribution in [0, 0.1) is 0 Å². The van der Waals surface area contributed by atoms with Gasteiger partial charge in [0.1, 0.15) is 0 Å². The molecular weight excluding hydrogens is 91.9 g/mol. The van der Waals surface area contributed by atoms with Gasteiger partial charge in [0.05, 0.1) is 0 Å². The molecule has 0 saturated heterocycles. The molecule has 4 heavy (non-hydrogen) atoms. The van der Waals surface area contributed by atoms with Crippen LogP contribution in [0.1, 0.15) is 0 Å². The molecule has 0 saturated carbocycles. The molecule has 0 radical (unpaired) electrons. The van der Waals surface area contributed by atoms with E-state index in [1.807, 2.05) is 0 Å². The van der Waals surface area contributed by atoms with Gasteiger partial charge in [0.2, 0.25) is 0 Å². The van der Waals surface area contributed by atoms with Gasteiger partial charge in [-0.3, -0.25) is 0 Å². The number of rotatable bonds is 0. The molecule has 0 spiro atoms. The van der Waals surface area contributed by atoms with Crippen LogP contribution in [0.15, 0.2) is 0 Å². The first-order chi connectivity index (χ1) is 0. The van der Waals surface area contributed by atoms with Crippen molar-refractivity contribution in [3.63, 3.8) is 0 Å². The Morgan fingerprint density at radius 2 is 1.00 bits per heavy atom. The standard InChI is InChI=1S/2ClH.Li.H3N/h2*1H;;1H3/q;;+1;/p-1. The zero-order chi connectivity index (χ0) is 0. The molecule has 0 aromatic carbocycles. The van der Waals surface area contributed by atoms with E-state index in [2.05, 4.69) is 0 Å². The average molecular weight is 95.9 g/mol. The first-order valence-electron chi connectivity index (χ1n) is 0. The van der Waals surface area contributed by atoms with Gasteiger partial charge in [0.25, 0.3) is 0 Å². The average Bonchev–Trinajstić information content (AvgIpc) is 0. The van der Waals surface area contributed by atoms with E-state index in [0.717, 1.165) is 0 Å². The van der Waals surface area contributed by atoms with Crippen molar-refractivity contribution in [2.75, 3.05) is 0 Å². The molecule has 1 nitrogen and oxygen atoms in total. The summed E-state index contributed by atoms with van der Waals surface area (Å²) < 4.78 is 0. The Hall–Kier alpha value is 1.14. The summed E-state index contributed by atoms with van der Waals surface area (Å²) in [4.78, 5) is 0. The fourth-order valence-corrected chi connectivity index (χ4v) is 0. The smallest absolute Gasteiger partial charge is 1.00 e. The molecule has 3 N–H and O–H groups in total. The van der Waals surface area contributed by atoms with E-state index in [1.165, 1.54) is 0 Å². The Bertz CT molecular complexity index is 6.00. The Morgan fingerprint density at radius 1 is 1.00 bits per heavy atom. The van der Waals surface area contributed by atoms with Gasteiger partial charge in [-0.1, -0.05) is 0 Å². The maximum Gasteiger partial charge on any atom is 1.00 e. The summed E-state index contributed by atoms with van der Waals surface area (Å²) in [5.41, 5.74) is 0. The van der Waals surface area contributed by atoms with Gasteiger partial charge in [-0.05, 0) is 0 Å². The van der Waals surface area contributed by atoms with E-state index in [4.69, 9.17) is 0 Å². The third-order valence-corrected chi connectivity index (χ3v) is 0. The Balaban J connectivity index is 0. The number of hydrogen-bond donors (Lipinski definition) is 1. The second-order valence-electron chi connectivity index (χ2n) is 0. The topological polar surface area (TPSA) is 35.0 Å². The third-order valence-electron chi connectivity index (χ3n) is 0. The zero-order valence-corrected chi connectivity index (χ0v) is 4.07. The second-order valence-corrected chi connectivity index (χ2v) is 0. The summed E-state index contributed by atoms with van der Waals surface area (Å²) in [5, 5.41) is 0. The summed E-state index contributed by atoms with van der Waals surface area (Å²) >= 11 is 0. The van der Waals surface area contributed by atoms with Crippen molar-refractivity contribution in [1.29, 1.82) is 0 Å². The molecule has 0 aromatic rings. The Labute approximate surface area is 50.1 Å². The minimum atomic E-state index is 0. The molecular formula is H4Cl2LiN. The van der Waals surface area contributed by atoms with E-state index < -0.39 is 0 Å². The van der Waals surface area contributed by atoms with Crippen LogP contribution in [0.2, 0.25) is 0 Å². The molecule has 0 aliphatic heterocycles. The second kappa shape index (κ2) is 31.5. The molecule has 0 atom stereocenters. The predicted molar refractivity (Wildman–Crippen MR) is 12.3 cm³/mol. The summed E-state index contributed by atoms with van der Waals surface area (Å²) in [7, 11) is 0. The molecule has 0 rings (SSSR count). The molecule has 0 aliphatic rings. The molecule has 0 bridgehead atoms. The van der Waals surface area contributed by atoms with Crippen LogP contribution >= 0.6 is 12.4 Å². The maximum atomic E-state index is 0. The van der Waals surface area contributed by atoms with E-state index in [0.29, 0.717) is 0 Å². The molecule has 0 heterocycles. The summed E-state index contributed by atoms with van der Waals surface area (Å²) in [5.74, 6) is 0. The van der Waals surface area contributed by atoms with Gasteiger partial charge in [0, 0.05) is 0 Å². The van der Waals surface area contributed by atoms with Crippen molar-refractivity contribution in [2.24, 2.45) is 0 Å². The predicted octanol–water partition coefficient (Wildman–Crippen LogP) is -5.41. The van der Waals surface area contributed by atoms with Crippen molar-refractivity contribution < 1.29 is 31.3 Å². The fourth-order valence-electron chi connectivity index (χ4n) is 0. The monoisotopic (exact) mass is 95.0 g/mol. The van der Waals surface area contributed by atoms with E-state index >= 15 is 0 Å². The van der Waals surface area contributed by atoms with Crippen LogP contribution in [0.25, 0.3) is 0 Å². The quantitative estimate of drug-likeness (QED) is 0.300. The van der Waals surface area contributed by atoms with E-state index in [9.17, 15) is 0 Å². The van der Waals surface area contributed by atoms with Crippen molar-refractivity contribution >= 4 is 12.4 Å². The van der Waals surface area contributed by atoms with Crippen LogP contribution in [0.4, 0.5) is 0 Å². The first kappa shape index (κ1) is 68.0. The van der Waals surface area contributed by atoms with E-state index in [1.54, 1.807) is 0 Å². The van der Waals surface area contributed by atoms with Gasteiger partial charge in [-0.25, -0.2) is 0 Å². The minimum Gasteiger partial charge on any atom is -1.00 e. The summed E-state index contributed by atoms with van der Waals surface area (Å²) in [6, 6.07) is 0.